The molecule has 0 aromatic heterocycles. The summed E-state index contributed by atoms with van der Waals surface area (Å²) < 4.78 is 5.89. The molecule has 0 aliphatic rings. The molecule has 0 unspecified atom stereocenters. The number of anilines is 1. The largest absolute Gasteiger partial charge is 0.493 e. The lowest BCUT2D eigenvalue weighted by Gasteiger charge is -2.24. The molecule has 5 nitrogen and oxygen atoms in total. The molecule has 1 amide bonds. The number of nitrogens with one attached hydrogen (secondary N) is 1. The quantitative estimate of drug-likeness (QED) is 0.544. The normalized spacial score (nSPS) is 11.2. The number of carbonyl (C=O) groups is 2. The maximum Gasteiger partial charge on any atom is 0.303 e. The van der Waals surface area contributed by atoms with Gasteiger partial charge in [-0.05, 0) is 68.0 Å². The van der Waals surface area contributed by atoms with Crippen LogP contribution >= 0.6 is 0 Å². The van der Waals surface area contributed by atoms with E-state index in [0.717, 1.165) is 23.3 Å². The third-order valence-corrected chi connectivity index (χ3v) is 5.00. The van der Waals surface area contributed by atoms with Crippen LogP contribution in [-0.2, 0) is 16.0 Å². The molecule has 0 heterocycles. The van der Waals surface area contributed by atoms with Gasteiger partial charge in [-0.1, -0.05) is 38.1 Å². The number of benzene rings is 2. The van der Waals surface area contributed by atoms with Crippen LogP contribution in [0.3, 0.4) is 0 Å². The Kier molecular flexibility index (Phi) is 7.82. The zero-order valence-corrected chi connectivity index (χ0v) is 17.7. The lowest BCUT2D eigenvalue weighted by molar-refractivity contribution is -0.137. The topological polar surface area (TPSA) is 75.6 Å². The monoisotopic (exact) mass is 397 g/mol. The van der Waals surface area contributed by atoms with Gasteiger partial charge in [0.1, 0.15) is 5.75 Å². The second kappa shape index (κ2) is 10.1. The lowest BCUT2D eigenvalue weighted by Crippen LogP contribution is -2.31. The van der Waals surface area contributed by atoms with Gasteiger partial charge in [-0.15, -0.1) is 0 Å². The second-order valence-corrected chi connectivity index (χ2v) is 8.15. The zero-order chi connectivity index (χ0) is 21.4. The highest BCUT2D eigenvalue weighted by Gasteiger charge is 2.27. The van der Waals surface area contributed by atoms with Crippen LogP contribution in [0.2, 0.25) is 0 Å². The van der Waals surface area contributed by atoms with Crippen molar-refractivity contribution in [3.63, 3.8) is 0 Å². The first-order valence-electron chi connectivity index (χ1n) is 9.99. The molecule has 2 aromatic carbocycles. The van der Waals surface area contributed by atoms with Gasteiger partial charge < -0.3 is 15.2 Å². The van der Waals surface area contributed by atoms with Gasteiger partial charge in [0.2, 0.25) is 5.91 Å². The molecule has 0 radical (unpaired) electrons. The van der Waals surface area contributed by atoms with Crippen LogP contribution in [-0.4, -0.2) is 23.6 Å². The van der Waals surface area contributed by atoms with E-state index in [4.69, 9.17) is 9.84 Å². The minimum atomic E-state index is -0.814. The number of carboxylic acids is 1. The lowest BCUT2D eigenvalue weighted by atomic mass is 9.87. The molecule has 0 saturated heterocycles. The smallest absolute Gasteiger partial charge is 0.303 e. The van der Waals surface area contributed by atoms with Crippen LogP contribution in [0.5, 0.6) is 5.75 Å². The summed E-state index contributed by atoms with van der Waals surface area (Å²) in [6, 6.07) is 13.5. The van der Waals surface area contributed by atoms with E-state index in [-0.39, 0.29) is 12.3 Å². The fraction of sp³-hybridized carbons (Fsp3) is 0.417. The van der Waals surface area contributed by atoms with E-state index in [2.05, 4.69) is 17.4 Å². The molecule has 0 aliphatic carbocycles. The average Bonchev–Trinajstić information content (AvgIpc) is 2.67. The van der Waals surface area contributed by atoms with Gasteiger partial charge in [0, 0.05) is 17.5 Å². The summed E-state index contributed by atoms with van der Waals surface area (Å²) in [6.07, 6.45) is 2.07. The third kappa shape index (κ3) is 7.26. The highest BCUT2D eigenvalue weighted by atomic mass is 16.5. The molecular formula is C24H31NO4. The minimum Gasteiger partial charge on any atom is -0.493 e. The summed E-state index contributed by atoms with van der Waals surface area (Å²) in [4.78, 5) is 23.3. The van der Waals surface area contributed by atoms with Gasteiger partial charge in [-0.25, -0.2) is 0 Å². The number of hydrogen-bond acceptors (Lipinski definition) is 3. The number of rotatable bonds is 10. The maximum atomic E-state index is 12.7. The first kappa shape index (κ1) is 22.5. The summed E-state index contributed by atoms with van der Waals surface area (Å²) in [5.41, 5.74) is 3.41. The fourth-order valence-electron chi connectivity index (χ4n) is 2.98. The maximum absolute atomic E-state index is 12.7. The molecule has 0 spiro atoms. The van der Waals surface area contributed by atoms with E-state index in [1.165, 1.54) is 5.56 Å². The van der Waals surface area contributed by atoms with Crippen LogP contribution in [0.15, 0.2) is 42.5 Å². The summed E-state index contributed by atoms with van der Waals surface area (Å²) in [5.74, 6) is 0.0448. The Morgan fingerprint density at radius 2 is 1.76 bits per heavy atom. The molecule has 2 N–H and O–H groups in total. The van der Waals surface area contributed by atoms with Gasteiger partial charge in [0.25, 0.3) is 0 Å². The van der Waals surface area contributed by atoms with Crippen LogP contribution in [0.25, 0.3) is 0 Å². The number of ether oxygens (including phenoxy) is 1. The van der Waals surface area contributed by atoms with E-state index < -0.39 is 11.4 Å². The van der Waals surface area contributed by atoms with Crippen molar-refractivity contribution in [3.05, 3.63) is 59.2 Å². The number of carboxylic acid groups (broad SMARTS) is 1. The highest BCUT2D eigenvalue weighted by molar-refractivity contribution is 5.94. The Balaban J connectivity index is 1.81. The molecule has 0 aliphatic heterocycles. The summed E-state index contributed by atoms with van der Waals surface area (Å²) >= 11 is 0. The minimum absolute atomic E-state index is 0.0393. The standard InChI is InChI=1S/C24H31NO4/c1-17-6-7-18(2)21(16-17)29-15-5-14-24(3,4)23(28)25-20-11-8-19(9-12-20)10-13-22(26)27/h6-9,11-12,16H,5,10,13-15H2,1-4H3,(H,25,28)(H,26,27). The van der Waals surface area contributed by atoms with Gasteiger partial charge in [0.15, 0.2) is 0 Å². The first-order valence-corrected chi connectivity index (χ1v) is 9.99. The van der Waals surface area contributed by atoms with Crippen molar-refractivity contribution >= 4 is 17.6 Å². The molecule has 2 aromatic rings. The number of amides is 1. The third-order valence-electron chi connectivity index (χ3n) is 5.00. The summed E-state index contributed by atoms with van der Waals surface area (Å²) in [7, 11) is 0. The molecule has 156 valence electrons. The van der Waals surface area contributed by atoms with E-state index in [0.29, 0.717) is 25.1 Å². The fourth-order valence-corrected chi connectivity index (χ4v) is 2.98. The predicted octanol–water partition coefficient (Wildman–Crippen LogP) is 5.14. The van der Waals surface area contributed by atoms with Crippen molar-refractivity contribution in [2.24, 2.45) is 5.41 Å². The number of hydrogen-bond donors (Lipinski definition) is 2. The van der Waals surface area contributed by atoms with Crippen LogP contribution in [0.1, 0.15) is 49.8 Å². The van der Waals surface area contributed by atoms with E-state index >= 15 is 0 Å². The summed E-state index contributed by atoms with van der Waals surface area (Å²) in [5, 5.41) is 11.7. The molecule has 5 heteroatoms. The van der Waals surface area contributed by atoms with Crippen LogP contribution in [0, 0.1) is 19.3 Å². The van der Waals surface area contributed by atoms with E-state index in [9.17, 15) is 9.59 Å². The Morgan fingerprint density at radius 3 is 2.41 bits per heavy atom. The summed E-state index contributed by atoms with van der Waals surface area (Å²) in [6.45, 7) is 8.50. The Hall–Kier alpha value is -2.82. The highest BCUT2D eigenvalue weighted by Crippen LogP contribution is 2.26. The molecule has 2 rings (SSSR count). The SMILES string of the molecule is Cc1ccc(C)c(OCCCC(C)(C)C(=O)Nc2ccc(CCC(=O)O)cc2)c1. The molecule has 0 fully saturated rings. The Morgan fingerprint density at radius 1 is 1.07 bits per heavy atom. The van der Waals surface area contributed by atoms with Crippen LogP contribution < -0.4 is 10.1 Å². The molecule has 0 bridgehead atoms. The average molecular weight is 398 g/mol. The van der Waals surface area contributed by atoms with Crippen molar-refractivity contribution in [1.29, 1.82) is 0 Å². The van der Waals surface area contributed by atoms with Gasteiger partial charge in [-0.3, -0.25) is 9.59 Å². The first-order chi connectivity index (χ1) is 13.7. The van der Waals surface area contributed by atoms with Crippen molar-refractivity contribution in [2.45, 2.75) is 53.4 Å². The zero-order valence-electron chi connectivity index (χ0n) is 17.7. The van der Waals surface area contributed by atoms with E-state index in [1.807, 2.05) is 58.0 Å². The second-order valence-electron chi connectivity index (χ2n) is 8.15. The van der Waals surface area contributed by atoms with Crippen LogP contribution in [0.4, 0.5) is 5.69 Å². The van der Waals surface area contributed by atoms with Crippen molar-refractivity contribution < 1.29 is 19.4 Å². The Labute approximate surface area is 173 Å². The molecular weight excluding hydrogens is 366 g/mol. The number of carbonyl (C=O) groups excluding carboxylic acids is 1. The van der Waals surface area contributed by atoms with Gasteiger partial charge in [0.05, 0.1) is 6.61 Å². The van der Waals surface area contributed by atoms with Crippen molar-refractivity contribution in [2.75, 3.05) is 11.9 Å². The number of aryl methyl sites for hydroxylation is 3. The predicted molar refractivity (Wildman–Crippen MR) is 115 cm³/mol. The van der Waals surface area contributed by atoms with Crippen molar-refractivity contribution in [1.82, 2.24) is 0 Å². The number of aliphatic carboxylic acids is 1. The van der Waals surface area contributed by atoms with Gasteiger partial charge in [-0.2, -0.15) is 0 Å². The van der Waals surface area contributed by atoms with Gasteiger partial charge >= 0.3 is 5.97 Å². The molecule has 0 atom stereocenters. The molecule has 0 saturated carbocycles. The molecule has 29 heavy (non-hydrogen) atoms. The Bertz CT molecular complexity index is 840. The van der Waals surface area contributed by atoms with E-state index in [1.54, 1.807) is 0 Å². The van der Waals surface area contributed by atoms with Crippen molar-refractivity contribution in [3.8, 4) is 5.75 Å².